The molecule has 2 rings (SSSR count). The number of halogens is 1. The maximum atomic E-state index is 13.0. The molecule has 0 aliphatic heterocycles. The lowest BCUT2D eigenvalue weighted by molar-refractivity contribution is -0.384. The summed E-state index contributed by atoms with van der Waals surface area (Å²) in [5.74, 6) is -0.586. The number of rotatable bonds is 7. The van der Waals surface area contributed by atoms with Crippen LogP contribution < -0.4 is 14.8 Å². The van der Waals surface area contributed by atoms with Crippen molar-refractivity contribution in [2.24, 2.45) is 0 Å². The largest absolute Gasteiger partial charge is 0.490 e. The van der Waals surface area contributed by atoms with Crippen LogP contribution in [-0.4, -0.2) is 24.0 Å². The highest BCUT2D eigenvalue weighted by Crippen LogP contribution is 2.38. The number of carbonyl (C=O) groups is 1. The minimum atomic E-state index is -0.626. The Morgan fingerprint density at radius 3 is 2.20 bits per heavy atom. The van der Waals surface area contributed by atoms with Crippen molar-refractivity contribution < 1.29 is 23.6 Å². The summed E-state index contributed by atoms with van der Waals surface area (Å²) in [6, 6.07) is 7.38. The molecule has 7 nitrogen and oxygen atoms in total. The Bertz CT molecular complexity index is 777. The second-order valence-corrected chi connectivity index (χ2v) is 4.90. The summed E-state index contributed by atoms with van der Waals surface area (Å²) in [7, 11) is 0. The second kappa shape index (κ2) is 8.09. The summed E-state index contributed by atoms with van der Waals surface area (Å²) < 4.78 is 23.7. The van der Waals surface area contributed by atoms with Gasteiger partial charge in [-0.05, 0) is 38.1 Å². The summed E-state index contributed by atoms with van der Waals surface area (Å²) >= 11 is 0. The fourth-order valence-corrected chi connectivity index (χ4v) is 2.13. The third-order valence-corrected chi connectivity index (χ3v) is 3.21. The van der Waals surface area contributed by atoms with Crippen LogP contribution in [0.4, 0.5) is 15.8 Å². The average Bonchev–Trinajstić information content (AvgIpc) is 2.57. The number of carbonyl (C=O) groups excluding carboxylic acids is 1. The van der Waals surface area contributed by atoms with Gasteiger partial charge in [-0.3, -0.25) is 14.9 Å². The molecule has 0 heterocycles. The van der Waals surface area contributed by atoms with Crippen molar-refractivity contribution in [3.8, 4) is 11.5 Å². The fraction of sp³-hybridized carbons (Fsp3) is 0.235. The number of benzene rings is 2. The van der Waals surface area contributed by atoms with E-state index in [1.54, 1.807) is 13.8 Å². The molecule has 8 heteroatoms. The van der Waals surface area contributed by atoms with E-state index in [0.29, 0.717) is 13.2 Å². The number of anilines is 1. The molecular weight excluding hydrogens is 331 g/mol. The first kappa shape index (κ1) is 18.2. The van der Waals surface area contributed by atoms with E-state index in [0.717, 1.165) is 12.1 Å². The Kier molecular flexibility index (Phi) is 5.89. The van der Waals surface area contributed by atoms with Gasteiger partial charge in [0.05, 0.1) is 24.2 Å². The molecule has 0 atom stereocenters. The molecule has 0 aliphatic carbocycles. The normalized spacial score (nSPS) is 10.2. The van der Waals surface area contributed by atoms with Crippen LogP contribution in [0.25, 0.3) is 0 Å². The van der Waals surface area contributed by atoms with Crippen LogP contribution in [0.3, 0.4) is 0 Å². The lowest BCUT2D eigenvalue weighted by atomic mass is 10.2. The number of ether oxygens (including phenoxy) is 2. The van der Waals surface area contributed by atoms with Crippen LogP contribution in [0, 0.1) is 15.9 Å². The number of nitrogens with one attached hydrogen (secondary N) is 1. The van der Waals surface area contributed by atoms with E-state index in [4.69, 9.17) is 9.47 Å². The molecule has 0 aromatic heterocycles. The van der Waals surface area contributed by atoms with Crippen LogP contribution >= 0.6 is 0 Å². The highest BCUT2D eigenvalue weighted by molar-refractivity contribution is 6.05. The highest BCUT2D eigenvalue weighted by Gasteiger charge is 2.22. The van der Waals surface area contributed by atoms with E-state index in [-0.39, 0.29) is 28.4 Å². The minimum absolute atomic E-state index is 0.0359. The standard InChI is InChI=1S/C17H17FN2O5/c1-3-24-15-9-13(14(20(22)23)10-16(15)25-4-2)19-17(21)11-5-7-12(18)8-6-11/h5-10H,3-4H2,1-2H3,(H,19,21). The van der Waals surface area contributed by atoms with Crippen molar-refractivity contribution in [2.75, 3.05) is 18.5 Å². The van der Waals surface area contributed by atoms with Gasteiger partial charge in [0.25, 0.3) is 11.6 Å². The van der Waals surface area contributed by atoms with Gasteiger partial charge in [0.2, 0.25) is 0 Å². The first-order valence-corrected chi connectivity index (χ1v) is 7.61. The van der Waals surface area contributed by atoms with Gasteiger partial charge >= 0.3 is 0 Å². The van der Waals surface area contributed by atoms with Crippen LogP contribution in [0.5, 0.6) is 11.5 Å². The van der Waals surface area contributed by atoms with Crippen molar-refractivity contribution >= 4 is 17.3 Å². The SMILES string of the molecule is CCOc1cc(NC(=O)c2ccc(F)cc2)c([N+](=O)[O-])cc1OCC. The Hall–Kier alpha value is -3.16. The molecule has 25 heavy (non-hydrogen) atoms. The van der Waals surface area contributed by atoms with Gasteiger partial charge in [-0.15, -0.1) is 0 Å². The number of hydrogen-bond donors (Lipinski definition) is 1. The number of nitro benzene ring substituents is 1. The first-order chi connectivity index (χ1) is 12.0. The molecule has 1 N–H and O–H groups in total. The van der Waals surface area contributed by atoms with Crippen molar-refractivity contribution in [2.45, 2.75) is 13.8 Å². The van der Waals surface area contributed by atoms with Crippen LogP contribution in [-0.2, 0) is 0 Å². The molecule has 132 valence electrons. The zero-order chi connectivity index (χ0) is 18.4. The Morgan fingerprint density at radius 1 is 1.12 bits per heavy atom. The van der Waals surface area contributed by atoms with Gasteiger partial charge < -0.3 is 14.8 Å². The lowest BCUT2D eigenvalue weighted by Gasteiger charge is -2.13. The Labute approximate surface area is 143 Å². The topological polar surface area (TPSA) is 90.7 Å². The number of nitro groups is 1. The number of amides is 1. The van der Waals surface area contributed by atoms with Crippen molar-refractivity contribution in [3.63, 3.8) is 0 Å². The summed E-state index contributed by atoms with van der Waals surface area (Å²) in [5.41, 5.74) is -0.198. The van der Waals surface area contributed by atoms with Gasteiger partial charge in [-0.2, -0.15) is 0 Å². The number of hydrogen-bond acceptors (Lipinski definition) is 5. The van der Waals surface area contributed by atoms with Crippen molar-refractivity contribution in [3.05, 3.63) is 57.9 Å². The molecule has 1 amide bonds. The van der Waals surface area contributed by atoms with Gasteiger partial charge in [-0.1, -0.05) is 0 Å². The summed E-state index contributed by atoms with van der Waals surface area (Å²) in [4.78, 5) is 22.9. The zero-order valence-corrected chi connectivity index (χ0v) is 13.7. The smallest absolute Gasteiger partial charge is 0.296 e. The van der Waals surface area contributed by atoms with Gasteiger partial charge in [0.1, 0.15) is 11.5 Å². The maximum Gasteiger partial charge on any atom is 0.296 e. The molecule has 2 aromatic carbocycles. The third-order valence-electron chi connectivity index (χ3n) is 3.21. The Morgan fingerprint density at radius 2 is 1.68 bits per heavy atom. The quantitative estimate of drug-likeness (QED) is 0.607. The molecule has 0 saturated carbocycles. The van der Waals surface area contributed by atoms with Crippen molar-refractivity contribution in [1.29, 1.82) is 0 Å². The maximum absolute atomic E-state index is 13.0. The molecular formula is C17H17FN2O5. The lowest BCUT2D eigenvalue weighted by Crippen LogP contribution is -2.13. The van der Waals surface area contributed by atoms with E-state index >= 15 is 0 Å². The summed E-state index contributed by atoms with van der Waals surface area (Å²) in [6.45, 7) is 4.13. The van der Waals surface area contributed by atoms with Gasteiger partial charge in [0, 0.05) is 11.6 Å². The summed E-state index contributed by atoms with van der Waals surface area (Å²) in [6.07, 6.45) is 0. The Balaban J connectivity index is 2.40. The molecule has 0 fully saturated rings. The van der Waals surface area contributed by atoms with E-state index in [9.17, 15) is 19.3 Å². The van der Waals surface area contributed by atoms with E-state index in [1.165, 1.54) is 24.3 Å². The van der Waals surface area contributed by atoms with Crippen LogP contribution in [0.1, 0.15) is 24.2 Å². The second-order valence-electron chi connectivity index (χ2n) is 4.90. The average molecular weight is 348 g/mol. The van der Waals surface area contributed by atoms with E-state index in [2.05, 4.69) is 5.32 Å². The molecule has 0 bridgehead atoms. The monoisotopic (exact) mass is 348 g/mol. The first-order valence-electron chi connectivity index (χ1n) is 7.61. The third kappa shape index (κ3) is 4.43. The van der Waals surface area contributed by atoms with E-state index < -0.39 is 16.6 Å². The molecule has 2 aromatic rings. The molecule has 0 saturated heterocycles. The molecule has 0 radical (unpaired) electrons. The highest BCUT2D eigenvalue weighted by atomic mass is 19.1. The minimum Gasteiger partial charge on any atom is -0.490 e. The molecule has 0 aliphatic rings. The molecule has 0 unspecified atom stereocenters. The number of nitrogens with zero attached hydrogens (tertiary/aromatic N) is 1. The van der Waals surface area contributed by atoms with Gasteiger partial charge in [0.15, 0.2) is 11.5 Å². The van der Waals surface area contributed by atoms with Gasteiger partial charge in [-0.25, -0.2) is 4.39 Å². The molecule has 0 spiro atoms. The fourth-order valence-electron chi connectivity index (χ4n) is 2.13. The van der Waals surface area contributed by atoms with Crippen LogP contribution in [0.15, 0.2) is 36.4 Å². The predicted molar refractivity (Wildman–Crippen MR) is 89.8 cm³/mol. The predicted octanol–water partition coefficient (Wildman–Crippen LogP) is 3.78. The van der Waals surface area contributed by atoms with E-state index in [1.807, 2.05) is 0 Å². The van der Waals surface area contributed by atoms with Crippen LogP contribution in [0.2, 0.25) is 0 Å². The summed E-state index contributed by atoms with van der Waals surface area (Å²) in [5, 5.41) is 13.8. The van der Waals surface area contributed by atoms with Crippen molar-refractivity contribution in [1.82, 2.24) is 0 Å². The zero-order valence-electron chi connectivity index (χ0n) is 13.7.